The van der Waals surface area contributed by atoms with E-state index >= 15 is 0 Å². The van der Waals surface area contributed by atoms with Crippen molar-refractivity contribution in [2.75, 3.05) is 19.6 Å². The molecule has 1 heterocycles. The molecule has 1 aromatic rings. The van der Waals surface area contributed by atoms with E-state index in [-0.39, 0.29) is 5.91 Å². The van der Waals surface area contributed by atoms with E-state index in [1.54, 1.807) is 0 Å². The summed E-state index contributed by atoms with van der Waals surface area (Å²) in [5, 5.41) is 6.14. The summed E-state index contributed by atoms with van der Waals surface area (Å²) in [6.07, 6.45) is 6.84. The highest BCUT2D eigenvalue weighted by Gasteiger charge is 2.40. The van der Waals surface area contributed by atoms with Crippen molar-refractivity contribution in [1.29, 1.82) is 0 Å². The van der Waals surface area contributed by atoms with Crippen LogP contribution in [0.5, 0.6) is 0 Å². The normalized spacial score (nSPS) is 17.7. The maximum atomic E-state index is 12.4. The van der Waals surface area contributed by atoms with Gasteiger partial charge in [0.15, 0.2) is 0 Å². The molecule has 3 nitrogen and oxygen atoms in total. The summed E-state index contributed by atoms with van der Waals surface area (Å²) in [5.74, 6) is 2.51. The lowest BCUT2D eigenvalue weighted by molar-refractivity contribution is -0.127. The number of benzene rings is 1. The minimum Gasteiger partial charge on any atom is -0.344 e. The van der Waals surface area contributed by atoms with Crippen molar-refractivity contribution in [3.8, 4) is 12.3 Å². The van der Waals surface area contributed by atoms with Gasteiger partial charge in [-0.05, 0) is 31.5 Å². The number of piperidine rings is 1. The molecule has 1 saturated heterocycles. The number of hydrogen-bond acceptors (Lipinski definition) is 2. The molecule has 0 spiro atoms. The van der Waals surface area contributed by atoms with E-state index in [9.17, 15) is 4.79 Å². The van der Waals surface area contributed by atoms with Crippen LogP contribution in [0.25, 0.3) is 0 Å². The minimum atomic E-state index is -0.427. The molecular formula is C15H18N2O. The van der Waals surface area contributed by atoms with E-state index in [1.807, 2.05) is 30.3 Å². The fourth-order valence-electron chi connectivity index (χ4n) is 2.56. The van der Waals surface area contributed by atoms with Crippen LogP contribution in [0.4, 0.5) is 0 Å². The van der Waals surface area contributed by atoms with Crippen LogP contribution in [-0.4, -0.2) is 25.5 Å². The number of hydrogen-bond donors (Lipinski definition) is 2. The van der Waals surface area contributed by atoms with E-state index in [1.165, 1.54) is 0 Å². The van der Waals surface area contributed by atoms with Crippen LogP contribution >= 0.6 is 0 Å². The lowest BCUT2D eigenvalue weighted by Gasteiger charge is -2.36. The van der Waals surface area contributed by atoms with Crippen LogP contribution in [0, 0.1) is 12.3 Å². The number of amides is 1. The van der Waals surface area contributed by atoms with E-state index < -0.39 is 5.41 Å². The Hall–Kier alpha value is -1.79. The number of carbonyl (C=O) groups is 1. The maximum absolute atomic E-state index is 12.4. The first kappa shape index (κ1) is 12.7. The zero-order valence-corrected chi connectivity index (χ0v) is 10.4. The highest BCUT2D eigenvalue weighted by Crippen LogP contribution is 2.33. The van der Waals surface area contributed by atoms with Crippen LogP contribution in [0.3, 0.4) is 0 Å². The lowest BCUT2D eigenvalue weighted by atomic mass is 9.72. The molecule has 0 radical (unpaired) electrons. The molecule has 1 amide bonds. The predicted octanol–water partition coefficient (Wildman–Crippen LogP) is 1.06. The van der Waals surface area contributed by atoms with E-state index in [0.29, 0.717) is 6.54 Å². The van der Waals surface area contributed by atoms with Crippen LogP contribution in [0.2, 0.25) is 0 Å². The highest BCUT2D eigenvalue weighted by atomic mass is 16.2. The highest BCUT2D eigenvalue weighted by molar-refractivity contribution is 5.88. The Morgan fingerprint density at radius 3 is 2.61 bits per heavy atom. The van der Waals surface area contributed by atoms with Crippen LogP contribution in [-0.2, 0) is 10.2 Å². The zero-order valence-electron chi connectivity index (χ0n) is 10.4. The molecule has 0 unspecified atom stereocenters. The van der Waals surface area contributed by atoms with Crippen molar-refractivity contribution >= 4 is 5.91 Å². The summed E-state index contributed by atoms with van der Waals surface area (Å²) in [5.41, 5.74) is 0.657. The minimum absolute atomic E-state index is 0.0492. The fourth-order valence-corrected chi connectivity index (χ4v) is 2.56. The van der Waals surface area contributed by atoms with Crippen LogP contribution < -0.4 is 10.6 Å². The van der Waals surface area contributed by atoms with Crippen molar-refractivity contribution < 1.29 is 4.79 Å². The first-order valence-corrected chi connectivity index (χ1v) is 6.27. The average molecular weight is 242 g/mol. The molecule has 1 aliphatic rings. The first-order chi connectivity index (χ1) is 8.79. The second-order valence-electron chi connectivity index (χ2n) is 4.58. The molecule has 0 aromatic heterocycles. The molecular weight excluding hydrogens is 224 g/mol. The summed E-state index contributed by atoms with van der Waals surface area (Å²) in [6, 6.07) is 9.99. The Morgan fingerprint density at radius 1 is 1.33 bits per heavy atom. The Bertz CT molecular complexity index is 441. The summed E-state index contributed by atoms with van der Waals surface area (Å²) >= 11 is 0. The monoisotopic (exact) mass is 242 g/mol. The Balaban J connectivity index is 2.29. The van der Waals surface area contributed by atoms with Gasteiger partial charge < -0.3 is 10.6 Å². The van der Waals surface area contributed by atoms with E-state index in [2.05, 4.69) is 16.6 Å². The van der Waals surface area contributed by atoms with Crippen molar-refractivity contribution in [2.45, 2.75) is 18.3 Å². The van der Waals surface area contributed by atoms with Gasteiger partial charge in [-0.15, -0.1) is 6.42 Å². The van der Waals surface area contributed by atoms with Crippen molar-refractivity contribution in [1.82, 2.24) is 10.6 Å². The number of terminal acetylenes is 1. The van der Waals surface area contributed by atoms with Gasteiger partial charge in [0, 0.05) is 0 Å². The largest absolute Gasteiger partial charge is 0.344 e. The Labute approximate surface area is 108 Å². The molecule has 2 N–H and O–H groups in total. The third-order valence-corrected chi connectivity index (χ3v) is 3.57. The Kier molecular flexibility index (Phi) is 4.01. The van der Waals surface area contributed by atoms with Gasteiger partial charge >= 0.3 is 0 Å². The second kappa shape index (κ2) is 5.70. The second-order valence-corrected chi connectivity index (χ2v) is 4.58. The number of rotatable bonds is 3. The zero-order chi connectivity index (χ0) is 12.8. The topological polar surface area (TPSA) is 41.1 Å². The lowest BCUT2D eigenvalue weighted by Crippen LogP contribution is -2.50. The molecule has 1 aliphatic heterocycles. The number of carbonyl (C=O) groups excluding carboxylic acids is 1. The van der Waals surface area contributed by atoms with Crippen molar-refractivity contribution in [2.24, 2.45) is 0 Å². The smallest absolute Gasteiger partial charge is 0.231 e. The summed E-state index contributed by atoms with van der Waals surface area (Å²) in [6.45, 7) is 2.01. The summed E-state index contributed by atoms with van der Waals surface area (Å²) in [4.78, 5) is 12.4. The summed E-state index contributed by atoms with van der Waals surface area (Å²) < 4.78 is 0. The van der Waals surface area contributed by atoms with Gasteiger partial charge in [0.1, 0.15) is 0 Å². The van der Waals surface area contributed by atoms with Gasteiger partial charge in [0.05, 0.1) is 12.0 Å². The molecule has 1 fully saturated rings. The standard InChI is InChI=1S/C15H18N2O/c1-2-10-17-14(18)15(8-11-16-12-9-15)13-6-4-3-5-7-13/h1,3-7,16H,8-12H2,(H,17,18). The molecule has 18 heavy (non-hydrogen) atoms. The molecule has 1 aromatic carbocycles. The predicted molar refractivity (Wildman–Crippen MR) is 72.1 cm³/mol. The molecule has 0 aliphatic carbocycles. The molecule has 3 heteroatoms. The third kappa shape index (κ3) is 2.39. The first-order valence-electron chi connectivity index (χ1n) is 6.27. The molecule has 94 valence electrons. The quantitative estimate of drug-likeness (QED) is 0.778. The average Bonchev–Trinajstić information content (AvgIpc) is 2.46. The molecule has 2 rings (SSSR count). The molecule has 0 saturated carbocycles. The van der Waals surface area contributed by atoms with Gasteiger partial charge in [-0.25, -0.2) is 0 Å². The molecule has 0 atom stereocenters. The van der Waals surface area contributed by atoms with E-state index in [0.717, 1.165) is 31.5 Å². The van der Waals surface area contributed by atoms with Crippen molar-refractivity contribution in [3.63, 3.8) is 0 Å². The fraction of sp³-hybridized carbons (Fsp3) is 0.400. The van der Waals surface area contributed by atoms with Gasteiger partial charge in [0.25, 0.3) is 0 Å². The number of nitrogens with one attached hydrogen (secondary N) is 2. The van der Waals surface area contributed by atoms with Crippen molar-refractivity contribution in [3.05, 3.63) is 35.9 Å². The van der Waals surface area contributed by atoms with Crippen LogP contribution in [0.15, 0.2) is 30.3 Å². The van der Waals surface area contributed by atoms with E-state index in [4.69, 9.17) is 6.42 Å². The molecule has 0 bridgehead atoms. The summed E-state index contributed by atoms with van der Waals surface area (Å²) in [7, 11) is 0. The van der Waals surface area contributed by atoms with Gasteiger partial charge in [-0.1, -0.05) is 36.3 Å². The van der Waals surface area contributed by atoms with Crippen LogP contribution in [0.1, 0.15) is 18.4 Å². The van der Waals surface area contributed by atoms with Gasteiger partial charge in [0.2, 0.25) is 5.91 Å². The maximum Gasteiger partial charge on any atom is 0.231 e. The van der Waals surface area contributed by atoms with Gasteiger partial charge in [-0.3, -0.25) is 4.79 Å². The third-order valence-electron chi connectivity index (χ3n) is 3.57. The SMILES string of the molecule is C#CCNC(=O)C1(c2ccccc2)CCNCC1. The van der Waals surface area contributed by atoms with Gasteiger partial charge in [-0.2, -0.15) is 0 Å². The Morgan fingerprint density at radius 2 is 2.00 bits per heavy atom.